The minimum absolute atomic E-state index is 0.0771. The maximum Gasteiger partial charge on any atom is 0.353 e. The molecule has 0 radical (unpaired) electrons. The number of carboxylic acid groups (broad SMARTS) is 1. The summed E-state index contributed by atoms with van der Waals surface area (Å²) in [7, 11) is 1.70. The van der Waals surface area contributed by atoms with Gasteiger partial charge in [-0.1, -0.05) is 30.3 Å². The summed E-state index contributed by atoms with van der Waals surface area (Å²) in [6, 6.07) is 8.80. The van der Waals surface area contributed by atoms with Crippen molar-refractivity contribution in [2.45, 2.75) is 30.9 Å². The fourth-order valence-corrected chi connectivity index (χ4v) is 5.28. The largest absolute Gasteiger partial charge is 0.477 e. The number of aliphatic hydroxyl groups excluding tert-OH is 1. The van der Waals surface area contributed by atoms with Crippen LogP contribution in [-0.4, -0.2) is 68.9 Å². The van der Waals surface area contributed by atoms with Gasteiger partial charge in [0.25, 0.3) is 0 Å². The first-order valence-corrected chi connectivity index (χ1v) is 9.78. The van der Waals surface area contributed by atoms with Crippen molar-refractivity contribution >= 4 is 29.5 Å². The molecule has 150 valence electrons. The molecular weight excluding hydrogens is 382 g/mol. The van der Waals surface area contributed by atoms with E-state index in [1.165, 1.54) is 23.6 Å². The number of nitrogens with two attached hydrogens (primary N) is 1. The number of aliphatic carboxylic acids is 1. The van der Waals surface area contributed by atoms with Crippen molar-refractivity contribution in [3.8, 4) is 0 Å². The van der Waals surface area contributed by atoms with Gasteiger partial charge in [0.15, 0.2) is 0 Å². The van der Waals surface area contributed by atoms with E-state index in [-0.39, 0.29) is 12.2 Å². The van der Waals surface area contributed by atoms with Crippen LogP contribution in [-0.2, 0) is 20.8 Å². The van der Waals surface area contributed by atoms with Crippen LogP contribution in [0.2, 0.25) is 0 Å². The van der Waals surface area contributed by atoms with Gasteiger partial charge in [0.1, 0.15) is 11.1 Å². The monoisotopic (exact) mass is 405 g/mol. The Kier molecular flexibility index (Phi) is 5.78. The number of β-lactam (4-membered cyclic amide) rings is 1. The van der Waals surface area contributed by atoms with Crippen LogP contribution in [0.15, 0.2) is 40.9 Å². The second-order valence-electron chi connectivity index (χ2n) is 7.08. The zero-order valence-corrected chi connectivity index (χ0v) is 16.4. The third kappa shape index (κ3) is 3.65. The fraction of sp³-hybridized carbons (Fsp3) is 0.421. The normalized spacial score (nSPS) is 23.4. The smallest absolute Gasteiger partial charge is 0.353 e. The highest BCUT2D eigenvalue weighted by molar-refractivity contribution is 8.04. The minimum Gasteiger partial charge on any atom is -0.477 e. The number of fused-ring (bicyclic) bond motifs is 1. The number of primary amides is 1. The van der Waals surface area contributed by atoms with Gasteiger partial charge in [-0.3, -0.25) is 19.4 Å². The standard InChI is InChI=1S/C19H23N3O5S/c1-10(23)14-17(25)22-15(19(26)27)13(28-18(14)22)9-21(2)12(16(20)24)8-11-6-4-3-5-7-11/h3-7,10,12,14,18,23H,8-9H2,1-2H3,(H2,20,24)(H,26,27)/t10-,12?,14+,18-/m1/s1. The summed E-state index contributed by atoms with van der Waals surface area (Å²) in [6.45, 7) is 1.69. The Morgan fingerprint density at radius 1 is 1.32 bits per heavy atom. The summed E-state index contributed by atoms with van der Waals surface area (Å²) in [5.74, 6) is -2.72. The fourth-order valence-electron chi connectivity index (χ4n) is 3.61. The number of benzene rings is 1. The van der Waals surface area contributed by atoms with Crippen LogP contribution >= 0.6 is 11.8 Å². The minimum atomic E-state index is -1.20. The molecule has 9 heteroatoms. The molecule has 2 aliphatic heterocycles. The molecule has 1 unspecified atom stereocenters. The van der Waals surface area contributed by atoms with Crippen molar-refractivity contribution in [2.75, 3.05) is 13.6 Å². The molecule has 1 aromatic rings. The molecule has 0 aromatic heterocycles. The quantitative estimate of drug-likeness (QED) is 0.529. The second kappa shape index (κ2) is 7.94. The topological polar surface area (TPSA) is 124 Å². The van der Waals surface area contributed by atoms with Crippen molar-refractivity contribution in [2.24, 2.45) is 11.7 Å². The third-order valence-electron chi connectivity index (χ3n) is 5.10. The lowest BCUT2D eigenvalue weighted by Crippen LogP contribution is -2.60. The molecule has 0 aliphatic carbocycles. The van der Waals surface area contributed by atoms with Gasteiger partial charge in [0, 0.05) is 11.4 Å². The summed E-state index contributed by atoms with van der Waals surface area (Å²) >= 11 is 1.25. The lowest BCUT2D eigenvalue weighted by Gasteiger charge is -2.43. The van der Waals surface area contributed by atoms with Crippen molar-refractivity contribution in [1.82, 2.24) is 9.80 Å². The van der Waals surface area contributed by atoms with Crippen LogP contribution in [0.4, 0.5) is 0 Å². The van der Waals surface area contributed by atoms with E-state index in [9.17, 15) is 24.6 Å². The number of likely N-dealkylation sites (N-methyl/N-ethyl adjacent to an activating group) is 1. The molecule has 4 N–H and O–H groups in total. The van der Waals surface area contributed by atoms with E-state index >= 15 is 0 Å². The Labute approximate surface area is 167 Å². The molecule has 2 amide bonds. The Balaban J connectivity index is 1.80. The molecule has 2 heterocycles. The maximum absolute atomic E-state index is 12.3. The van der Waals surface area contributed by atoms with Gasteiger partial charge in [-0.05, 0) is 26.0 Å². The van der Waals surface area contributed by atoms with Crippen molar-refractivity contribution < 1.29 is 24.6 Å². The second-order valence-corrected chi connectivity index (χ2v) is 8.29. The predicted molar refractivity (Wildman–Crippen MR) is 104 cm³/mol. The average Bonchev–Trinajstić information content (AvgIpc) is 2.94. The summed E-state index contributed by atoms with van der Waals surface area (Å²) in [4.78, 5) is 39.5. The number of amides is 2. The van der Waals surface area contributed by atoms with Gasteiger partial charge in [-0.2, -0.15) is 0 Å². The van der Waals surface area contributed by atoms with Gasteiger partial charge < -0.3 is 15.9 Å². The number of hydrogen-bond donors (Lipinski definition) is 3. The van der Waals surface area contributed by atoms with E-state index < -0.39 is 41.2 Å². The number of carboxylic acids is 1. The Bertz CT molecular complexity index is 826. The van der Waals surface area contributed by atoms with E-state index in [0.29, 0.717) is 11.3 Å². The lowest BCUT2D eigenvalue weighted by atomic mass is 9.92. The van der Waals surface area contributed by atoms with Crippen LogP contribution in [0.3, 0.4) is 0 Å². The van der Waals surface area contributed by atoms with E-state index in [4.69, 9.17) is 5.73 Å². The molecule has 1 aromatic carbocycles. The molecule has 4 atom stereocenters. The van der Waals surface area contributed by atoms with Crippen LogP contribution in [0.1, 0.15) is 12.5 Å². The molecule has 0 saturated carbocycles. The zero-order valence-electron chi connectivity index (χ0n) is 15.6. The lowest BCUT2D eigenvalue weighted by molar-refractivity contribution is -0.156. The van der Waals surface area contributed by atoms with Gasteiger partial charge in [-0.25, -0.2) is 4.79 Å². The van der Waals surface area contributed by atoms with Gasteiger partial charge in [0.2, 0.25) is 11.8 Å². The zero-order chi connectivity index (χ0) is 20.6. The predicted octanol–water partition coefficient (Wildman–Crippen LogP) is 0.223. The molecular formula is C19H23N3O5S. The first-order valence-electron chi connectivity index (χ1n) is 8.90. The molecule has 3 rings (SSSR count). The number of nitrogens with zero attached hydrogens (tertiary/aromatic N) is 2. The van der Waals surface area contributed by atoms with Gasteiger partial charge >= 0.3 is 5.97 Å². The van der Waals surface area contributed by atoms with E-state index in [1.54, 1.807) is 11.9 Å². The number of carbonyl (C=O) groups excluding carboxylic acids is 2. The number of hydrogen-bond acceptors (Lipinski definition) is 6. The summed E-state index contributed by atoms with van der Waals surface area (Å²) in [5.41, 5.74) is 6.45. The van der Waals surface area contributed by atoms with E-state index in [1.807, 2.05) is 30.3 Å². The first kappa shape index (κ1) is 20.4. The van der Waals surface area contributed by atoms with Crippen molar-refractivity contribution in [1.29, 1.82) is 0 Å². The number of carbonyl (C=O) groups is 3. The van der Waals surface area contributed by atoms with Gasteiger partial charge in [0.05, 0.1) is 18.1 Å². The highest BCUT2D eigenvalue weighted by Crippen LogP contribution is 2.50. The number of thioether (sulfide) groups is 1. The molecule has 28 heavy (non-hydrogen) atoms. The first-order chi connectivity index (χ1) is 13.2. The highest BCUT2D eigenvalue weighted by Gasteiger charge is 2.57. The molecule has 2 aliphatic rings. The van der Waals surface area contributed by atoms with E-state index in [0.717, 1.165) is 5.56 Å². The van der Waals surface area contributed by atoms with Crippen LogP contribution in [0, 0.1) is 5.92 Å². The van der Waals surface area contributed by atoms with Crippen LogP contribution in [0.25, 0.3) is 0 Å². The Morgan fingerprint density at radius 3 is 2.50 bits per heavy atom. The summed E-state index contributed by atoms with van der Waals surface area (Å²) in [5, 5.41) is 19.0. The Hall–Kier alpha value is -2.36. The third-order valence-corrected chi connectivity index (χ3v) is 6.45. The van der Waals surface area contributed by atoms with Crippen LogP contribution < -0.4 is 5.73 Å². The van der Waals surface area contributed by atoms with Crippen molar-refractivity contribution in [3.05, 3.63) is 46.5 Å². The summed E-state index contributed by atoms with van der Waals surface area (Å²) in [6.07, 6.45) is -0.458. The maximum atomic E-state index is 12.3. The molecule has 0 spiro atoms. The van der Waals surface area contributed by atoms with E-state index in [2.05, 4.69) is 0 Å². The Morgan fingerprint density at radius 2 is 1.96 bits per heavy atom. The molecule has 0 bridgehead atoms. The SMILES string of the molecule is C[C@@H](O)[C@H]1C(=O)N2C(C(=O)O)=C(CN(C)C(Cc3ccccc3)C(N)=O)S[C@H]12. The van der Waals surface area contributed by atoms with Gasteiger partial charge in [-0.15, -0.1) is 11.8 Å². The average molecular weight is 405 g/mol. The molecule has 1 fully saturated rings. The van der Waals surface area contributed by atoms with Crippen molar-refractivity contribution in [3.63, 3.8) is 0 Å². The van der Waals surface area contributed by atoms with Crippen LogP contribution in [0.5, 0.6) is 0 Å². The molecule has 1 saturated heterocycles. The number of aliphatic hydroxyl groups is 1. The highest BCUT2D eigenvalue weighted by atomic mass is 32.2. The number of rotatable bonds is 8. The summed E-state index contributed by atoms with van der Waals surface area (Å²) < 4.78 is 0. The molecule has 8 nitrogen and oxygen atoms in total.